The van der Waals surface area contributed by atoms with E-state index >= 15 is 0 Å². The molecule has 1 aliphatic rings. The van der Waals surface area contributed by atoms with Crippen molar-refractivity contribution in [2.75, 3.05) is 23.7 Å². The fraction of sp³-hybridized carbons (Fsp3) is 0.455. The number of rotatable bonds is 1. The van der Waals surface area contributed by atoms with Gasteiger partial charge in [0.1, 0.15) is 0 Å². The van der Waals surface area contributed by atoms with Crippen molar-refractivity contribution in [2.45, 2.75) is 13.8 Å². The van der Waals surface area contributed by atoms with E-state index in [1.165, 1.54) is 5.69 Å². The van der Waals surface area contributed by atoms with Crippen LogP contribution in [0, 0.1) is 5.41 Å². The lowest BCUT2D eigenvalue weighted by atomic mass is 9.84. The number of pyridine rings is 1. The zero-order valence-electron chi connectivity index (χ0n) is 9.51. The third-order valence-corrected chi connectivity index (χ3v) is 2.93. The van der Waals surface area contributed by atoms with Crippen LogP contribution in [-0.4, -0.2) is 27.7 Å². The Morgan fingerprint density at radius 3 is 2.75 bits per heavy atom. The summed E-state index contributed by atoms with van der Waals surface area (Å²) in [5, 5.41) is 4.11. The van der Waals surface area contributed by atoms with Gasteiger partial charge in [0.25, 0.3) is 0 Å². The van der Waals surface area contributed by atoms with Crippen LogP contribution in [0.4, 0.5) is 11.6 Å². The number of fused-ring (bicyclic) bond motifs is 1. The zero-order valence-corrected chi connectivity index (χ0v) is 9.51. The molecule has 84 valence electrons. The number of nitrogens with zero attached hydrogens (tertiary/aromatic N) is 4. The van der Waals surface area contributed by atoms with Gasteiger partial charge in [0.05, 0.1) is 11.9 Å². The molecule has 0 unspecified atom stereocenters. The van der Waals surface area contributed by atoms with E-state index in [2.05, 4.69) is 34.9 Å². The number of anilines is 2. The SMILES string of the molecule is CC1(C)CN(c2ccc3nc(N)nn3c2)C1. The minimum atomic E-state index is 0.320. The lowest BCUT2D eigenvalue weighted by Crippen LogP contribution is -2.53. The summed E-state index contributed by atoms with van der Waals surface area (Å²) in [6, 6.07) is 4.02. The Morgan fingerprint density at radius 1 is 1.31 bits per heavy atom. The lowest BCUT2D eigenvalue weighted by Gasteiger charge is -2.47. The molecule has 2 N–H and O–H groups in total. The monoisotopic (exact) mass is 217 g/mol. The Bertz CT molecular complexity index is 534. The number of aromatic nitrogens is 3. The highest BCUT2D eigenvalue weighted by molar-refractivity contribution is 5.54. The first-order valence-corrected chi connectivity index (χ1v) is 5.40. The van der Waals surface area contributed by atoms with Gasteiger partial charge in [0.2, 0.25) is 5.95 Å². The smallest absolute Gasteiger partial charge is 0.240 e. The van der Waals surface area contributed by atoms with Crippen LogP contribution in [0.15, 0.2) is 18.3 Å². The van der Waals surface area contributed by atoms with E-state index in [1.807, 2.05) is 12.3 Å². The molecule has 16 heavy (non-hydrogen) atoms. The average Bonchev–Trinajstić information content (AvgIpc) is 2.52. The fourth-order valence-electron chi connectivity index (χ4n) is 2.25. The second kappa shape index (κ2) is 2.87. The third kappa shape index (κ3) is 1.39. The predicted octanol–water partition coefficient (Wildman–Crippen LogP) is 1.16. The Hall–Kier alpha value is -1.78. The van der Waals surface area contributed by atoms with Crippen LogP contribution < -0.4 is 10.6 Å². The summed E-state index contributed by atoms with van der Waals surface area (Å²) in [4.78, 5) is 6.43. The second-order valence-electron chi connectivity index (χ2n) is 5.18. The van der Waals surface area contributed by atoms with E-state index < -0.39 is 0 Å². The predicted molar refractivity (Wildman–Crippen MR) is 63.4 cm³/mol. The average molecular weight is 217 g/mol. The van der Waals surface area contributed by atoms with Crippen LogP contribution in [0.3, 0.4) is 0 Å². The molecule has 1 saturated heterocycles. The number of hydrogen-bond acceptors (Lipinski definition) is 4. The molecular formula is C11H15N5. The highest BCUT2D eigenvalue weighted by atomic mass is 15.3. The van der Waals surface area contributed by atoms with Crippen molar-refractivity contribution >= 4 is 17.3 Å². The first-order valence-electron chi connectivity index (χ1n) is 5.40. The van der Waals surface area contributed by atoms with Gasteiger partial charge in [-0.3, -0.25) is 0 Å². The van der Waals surface area contributed by atoms with E-state index in [9.17, 15) is 0 Å². The lowest BCUT2D eigenvalue weighted by molar-refractivity contribution is 0.276. The molecule has 0 atom stereocenters. The zero-order chi connectivity index (χ0) is 11.3. The first-order chi connectivity index (χ1) is 7.53. The quantitative estimate of drug-likeness (QED) is 0.778. The van der Waals surface area contributed by atoms with Crippen molar-refractivity contribution in [3.8, 4) is 0 Å². The Kier molecular flexibility index (Phi) is 1.70. The maximum Gasteiger partial charge on any atom is 0.240 e. The highest BCUT2D eigenvalue weighted by Crippen LogP contribution is 2.33. The van der Waals surface area contributed by atoms with E-state index in [0.29, 0.717) is 11.4 Å². The maximum absolute atomic E-state index is 5.55. The molecule has 0 aromatic carbocycles. The molecule has 3 rings (SSSR count). The van der Waals surface area contributed by atoms with Crippen molar-refractivity contribution < 1.29 is 0 Å². The summed E-state index contributed by atoms with van der Waals surface area (Å²) in [5.74, 6) is 0.320. The van der Waals surface area contributed by atoms with Gasteiger partial charge in [-0.05, 0) is 17.5 Å². The molecule has 2 aromatic heterocycles. The molecule has 1 fully saturated rings. The number of hydrogen-bond donors (Lipinski definition) is 1. The van der Waals surface area contributed by atoms with Gasteiger partial charge < -0.3 is 10.6 Å². The molecule has 5 heteroatoms. The summed E-state index contributed by atoms with van der Waals surface area (Å²) in [5.41, 5.74) is 7.95. The van der Waals surface area contributed by atoms with Gasteiger partial charge in [0.15, 0.2) is 5.65 Å². The first kappa shape index (κ1) is 9.45. The Morgan fingerprint density at radius 2 is 2.06 bits per heavy atom. The van der Waals surface area contributed by atoms with Crippen molar-refractivity contribution in [2.24, 2.45) is 5.41 Å². The van der Waals surface area contributed by atoms with Gasteiger partial charge in [-0.1, -0.05) is 13.8 Å². The van der Waals surface area contributed by atoms with Gasteiger partial charge >= 0.3 is 0 Å². The third-order valence-electron chi connectivity index (χ3n) is 2.93. The summed E-state index contributed by atoms with van der Waals surface area (Å²) >= 11 is 0. The number of nitrogens with two attached hydrogens (primary N) is 1. The fourth-order valence-corrected chi connectivity index (χ4v) is 2.25. The van der Waals surface area contributed by atoms with Gasteiger partial charge in [0, 0.05) is 13.1 Å². The maximum atomic E-state index is 5.55. The molecule has 3 heterocycles. The van der Waals surface area contributed by atoms with E-state index in [-0.39, 0.29) is 0 Å². The van der Waals surface area contributed by atoms with E-state index in [1.54, 1.807) is 4.52 Å². The minimum Gasteiger partial charge on any atom is -0.369 e. The number of nitrogen functional groups attached to an aromatic ring is 1. The van der Waals surface area contributed by atoms with Gasteiger partial charge in [-0.15, -0.1) is 5.10 Å². The van der Waals surface area contributed by atoms with E-state index in [0.717, 1.165) is 18.7 Å². The van der Waals surface area contributed by atoms with Crippen molar-refractivity contribution in [3.05, 3.63) is 18.3 Å². The second-order valence-corrected chi connectivity index (χ2v) is 5.18. The minimum absolute atomic E-state index is 0.320. The molecule has 0 radical (unpaired) electrons. The summed E-state index contributed by atoms with van der Waals surface area (Å²) in [6.45, 7) is 6.72. The van der Waals surface area contributed by atoms with Crippen LogP contribution >= 0.6 is 0 Å². The highest BCUT2D eigenvalue weighted by Gasteiger charge is 2.34. The molecule has 5 nitrogen and oxygen atoms in total. The van der Waals surface area contributed by atoms with Crippen LogP contribution in [0.2, 0.25) is 0 Å². The molecule has 0 amide bonds. The summed E-state index contributed by atoms with van der Waals surface area (Å²) in [6.07, 6.45) is 1.98. The molecule has 0 saturated carbocycles. The summed E-state index contributed by atoms with van der Waals surface area (Å²) in [7, 11) is 0. The van der Waals surface area contributed by atoms with Crippen molar-refractivity contribution in [1.29, 1.82) is 0 Å². The van der Waals surface area contributed by atoms with E-state index in [4.69, 9.17) is 5.73 Å². The molecule has 0 aliphatic carbocycles. The normalized spacial score (nSPS) is 18.8. The molecule has 2 aromatic rings. The van der Waals surface area contributed by atoms with Crippen molar-refractivity contribution in [3.63, 3.8) is 0 Å². The Labute approximate surface area is 93.9 Å². The van der Waals surface area contributed by atoms with Crippen molar-refractivity contribution in [1.82, 2.24) is 14.6 Å². The van der Waals surface area contributed by atoms with Crippen LogP contribution in [0.25, 0.3) is 5.65 Å². The topological polar surface area (TPSA) is 59.5 Å². The van der Waals surface area contributed by atoms with Gasteiger partial charge in [-0.25, -0.2) is 4.52 Å². The Balaban J connectivity index is 1.94. The molecule has 0 bridgehead atoms. The molecule has 0 spiro atoms. The van der Waals surface area contributed by atoms with Crippen LogP contribution in [-0.2, 0) is 0 Å². The summed E-state index contributed by atoms with van der Waals surface area (Å²) < 4.78 is 1.73. The molecular weight excluding hydrogens is 202 g/mol. The van der Waals surface area contributed by atoms with Crippen LogP contribution in [0.5, 0.6) is 0 Å². The molecule has 1 aliphatic heterocycles. The van der Waals surface area contributed by atoms with Crippen LogP contribution in [0.1, 0.15) is 13.8 Å². The standard InChI is InChI=1S/C11H15N5/c1-11(2)6-15(7-11)8-3-4-9-13-10(12)14-16(9)5-8/h3-5H,6-7H2,1-2H3,(H2,12,14). The largest absolute Gasteiger partial charge is 0.369 e. The van der Waals surface area contributed by atoms with Gasteiger partial charge in [-0.2, -0.15) is 4.98 Å².